The van der Waals surface area contributed by atoms with Gasteiger partial charge in [-0.25, -0.2) is 0 Å². The van der Waals surface area contributed by atoms with E-state index in [9.17, 15) is 14.4 Å². The van der Waals surface area contributed by atoms with Gasteiger partial charge in [-0.05, 0) is 66.9 Å². The number of amides is 1. The SMILES string of the molecule is CCCCCCC[C@@H](OC(=O)C[C@@H](O[Si](C)(C)C(C)(C)C)[C@H](Cc1ccccc1)N(C)C(=O)[C@@H](OCc1ccccc1)C(C)C)[C@H](C)C(=O)OCc1ccccc1. The van der Waals surface area contributed by atoms with Crippen LogP contribution < -0.4 is 0 Å². The molecular formula is C48H71NO7Si. The Morgan fingerprint density at radius 2 is 1.25 bits per heavy atom. The second-order valence-electron chi connectivity index (χ2n) is 17.4. The Bertz CT molecular complexity index is 1610. The molecule has 0 radical (unpaired) electrons. The van der Waals surface area contributed by atoms with Crippen LogP contribution in [0.5, 0.6) is 0 Å². The Morgan fingerprint density at radius 1 is 0.719 bits per heavy atom. The molecule has 8 nitrogen and oxygen atoms in total. The number of carbonyl (C=O) groups excluding carboxylic acids is 3. The molecule has 5 atom stereocenters. The molecule has 3 rings (SSSR count). The molecule has 0 aromatic heterocycles. The maximum atomic E-state index is 14.6. The van der Waals surface area contributed by atoms with Gasteiger partial charge in [-0.2, -0.15) is 0 Å². The van der Waals surface area contributed by atoms with E-state index in [0.717, 1.165) is 48.8 Å². The Morgan fingerprint density at radius 3 is 1.77 bits per heavy atom. The van der Waals surface area contributed by atoms with Gasteiger partial charge in [0.2, 0.25) is 0 Å². The Hall–Kier alpha value is -3.79. The zero-order chi connectivity index (χ0) is 42.0. The van der Waals surface area contributed by atoms with Gasteiger partial charge in [-0.1, -0.05) is 158 Å². The highest BCUT2D eigenvalue weighted by molar-refractivity contribution is 6.74. The molecule has 0 spiro atoms. The maximum Gasteiger partial charge on any atom is 0.312 e. The monoisotopic (exact) mass is 801 g/mol. The molecule has 0 aliphatic carbocycles. The van der Waals surface area contributed by atoms with Gasteiger partial charge in [0.05, 0.1) is 31.1 Å². The molecule has 0 N–H and O–H groups in total. The third-order valence-electron chi connectivity index (χ3n) is 11.3. The summed E-state index contributed by atoms with van der Waals surface area (Å²) in [7, 11) is -0.711. The van der Waals surface area contributed by atoms with Crippen molar-refractivity contribution in [1.29, 1.82) is 0 Å². The summed E-state index contributed by atoms with van der Waals surface area (Å²) in [6, 6.07) is 28.9. The molecule has 0 saturated heterocycles. The topological polar surface area (TPSA) is 91.4 Å². The maximum absolute atomic E-state index is 14.6. The van der Waals surface area contributed by atoms with Gasteiger partial charge >= 0.3 is 11.9 Å². The summed E-state index contributed by atoms with van der Waals surface area (Å²) in [6.07, 6.45) is 3.99. The van der Waals surface area contributed by atoms with Crippen LogP contribution in [0.1, 0.15) is 110 Å². The zero-order valence-corrected chi connectivity index (χ0v) is 37.5. The third-order valence-corrected chi connectivity index (χ3v) is 15.8. The van der Waals surface area contributed by atoms with Crippen molar-refractivity contribution >= 4 is 26.2 Å². The fraction of sp³-hybridized carbons (Fsp3) is 0.562. The number of esters is 2. The van der Waals surface area contributed by atoms with E-state index in [0.29, 0.717) is 19.4 Å². The molecule has 9 heteroatoms. The quantitative estimate of drug-likeness (QED) is 0.0506. The minimum atomic E-state index is -2.51. The lowest BCUT2D eigenvalue weighted by atomic mass is 9.96. The summed E-state index contributed by atoms with van der Waals surface area (Å²) in [5.74, 6) is -1.80. The molecule has 0 aliphatic rings. The number of likely N-dealkylation sites (N-methyl/N-ethyl adjacent to an activating group) is 1. The number of rotatable bonds is 24. The Balaban J connectivity index is 1.95. The molecule has 0 heterocycles. The third kappa shape index (κ3) is 15.8. The molecule has 0 aliphatic heterocycles. The molecular weight excluding hydrogens is 731 g/mol. The van der Waals surface area contributed by atoms with Crippen molar-refractivity contribution in [3.8, 4) is 0 Å². The molecule has 0 saturated carbocycles. The standard InChI is InChI=1S/C48H71NO7Si/c1-11-12-13-14-24-31-42(37(4)47(52)54-35-40-29-22-17-23-30-40)55-44(50)33-43(56-57(9,10)48(5,6)7)41(32-38-25-18-15-19-26-38)49(8)46(51)45(36(2)3)53-34-39-27-20-16-21-28-39/h15-23,25-30,36-37,41-43,45H,11-14,24,31-35H2,1-10H3/t37-,41-,42+,43+,45-/m0/s1. The lowest BCUT2D eigenvalue weighted by Crippen LogP contribution is -2.56. The summed E-state index contributed by atoms with van der Waals surface area (Å²) in [5.41, 5.74) is 2.90. The first-order valence-electron chi connectivity index (χ1n) is 21.1. The van der Waals surface area contributed by atoms with Gasteiger partial charge in [-0.3, -0.25) is 14.4 Å². The van der Waals surface area contributed by atoms with Gasteiger partial charge < -0.3 is 23.5 Å². The molecule has 3 aromatic rings. The normalized spacial score (nSPS) is 14.6. The van der Waals surface area contributed by atoms with Crippen LogP contribution >= 0.6 is 0 Å². The first kappa shape index (κ1) is 47.6. The molecule has 314 valence electrons. The number of hydrogen-bond acceptors (Lipinski definition) is 7. The second-order valence-corrected chi connectivity index (χ2v) is 22.2. The largest absolute Gasteiger partial charge is 0.461 e. The number of nitrogens with zero attached hydrogens (tertiary/aromatic N) is 1. The van der Waals surface area contributed by atoms with Crippen LogP contribution in [0.2, 0.25) is 18.1 Å². The summed E-state index contributed by atoms with van der Waals surface area (Å²) in [6.45, 7) is 19.2. The van der Waals surface area contributed by atoms with Crippen molar-refractivity contribution in [2.75, 3.05) is 7.05 Å². The van der Waals surface area contributed by atoms with Crippen LogP contribution in [0.3, 0.4) is 0 Å². The molecule has 0 unspecified atom stereocenters. The highest BCUT2D eigenvalue weighted by Crippen LogP contribution is 2.39. The van der Waals surface area contributed by atoms with Crippen molar-refractivity contribution in [2.45, 2.75) is 156 Å². The average molecular weight is 802 g/mol. The number of carbonyl (C=O) groups is 3. The minimum absolute atomic E-state index is 0.0863. The number of benzene rings is 3. The lowest BCUT2D eigenvalue weighted by Gasteiger charge is -2.44. The molecule has 0 bridgehead atoms. The lowest BCUT2D eigenvalue weighted by molar-refractivity contribution is -0.165. The summed E-state index contributed by atoms with van der Waals surface area (Å²) < 4.78 is 25.5. The van der Waals surface area contributed by atoms with E-state index >= 15 is 0 Å². The fourth-order valence-corrected chi connectivity index (χ4v) is 7.96. The molecule has 57 heavy (non-hydrogen) atoms. The number of ether oxygens (including phenoxy) is 3. The first-order valence-corrected chi connectivity index (χ1v) is 24.0. The zero-order valence-electron chi connectivity index (χ0n) is 36.5. The van der Waals surface area contributed by atoms with E-state index in [1.165, 1.54) is 0 Å². The van der Waals surface area contributed by atoms with E-state index in [4.69, 9.17) is 18.6 Å². The van der Waals surface area contributed by atoms with E-state index in [1.807, 2.05) is 105 Å². The van der Waals surface area contributed by atoms with Crippen LogP contribution in [-0.4, -0.2) is 62.5 Å². The van der Waals surface area contributed by atoms with Crippen molar-refractivity contribution in [3.05, 3.63) is 108 Å². The van der Waals surface area contributed by atoms with E-state index in [1.54, 1.807) is 18.9 Å². The Kier molecular flexibility index (Phi) is 19.7. The molecule has 3 aromatic carbocycles. The molecule has 1 amide bonds. The van der Waals surface area contributed by atoms with Crippen molar-refractivity contribution in [1.82, 2.24) is 4.90 Å². The van der Waals surface area contributed by atoms with E-state index in [2.05, 4.69) is 40.8 Å². The van der Waals surface area contributed by atoms with Gasteiger partial charge in [0.1, 0.15) is 18.8 Å². The predicted octanol–water partition coefficient (Wildman–Crippen LogP) is 10.7. The summed E-state index contributed by atoms with van der Waals surface area (Å²) in [4.78, 5) is 44.1. The highest BCUT2D eigenvalue weighted by Gasteiger charge is 2.44. The van der Waals surface area contributed by atoms with Gasteiger partial charge in [0.15, 0.2) is 8.32 Å². The van der Waals surface area contributed by atoms with E-state index < -0.39 is 50.5 Å². The Labute approximate surface area is 345 Å². The van der Waals surface area contributed by atoms with Crippen molar-refractivity contribution in [3.63, 3.8) is 0 Å². The minimum Gasteiger partial charge on any atom is -0.461 e. The number of hydrogen-bond donors (Lipinski definition) is 0. The van der Waals surface area contributed by atoms with Crippen molar-refractivity contribution in [2.24, 2.45) is 11.8 Å². The fourth-order valence-electron chi connectivity index (χ4n) is 6.61. The predicted molar refractivity (Wildman–Crippen MR) is 232 cm³/mol. The second kappa shape index (κ2) is 23.6. The number of unbranched alkanes of at least 4 members (excludes halogenated alkanes) is 4. The van der Waals surface area contributed by atoms with Crippen LogP contribution in [0.15, 0.2) is 91.0 Å². The first-order chi connectivity index (χ1) is 27.0. The van der Waals surface area contributed by atoms with Gasteiger partial charge in [0, 0.05) is 7.05 Å². The smallest absolute Gasteiger partial charge is 0.312 e. The van der Waals surface area contributed by atoms with Crippen molar-refractivity contribution < 1.29 is 33.0 Å². The van der Waals surface area contributed by atoms with Crippen LogP contribution in [0, 0.1) is 11.8 Å². The average Bonchev–Trinajstić information content (AvgIpc) is 3.18. The van der Waals surface area contributed by atoms with E-state index in [-0.39, 0.29) is 29.9 Å². The van der Waals surface area contributed by atoms with Crippen LogP contribution in [0.4, 0.5) is 0 Å². The summed E-state index contributed by atoms with van der Waals surface area (Å²) in [5, 5.41) is -0.174. The summed E-state index contributed by atoms with van der Waals surface area (Å²) >= 11 is 0. The molecule has 0 fully saturated rings. The highest BCUT2D eigenvalue weighted by atomic mass is 28.4. The van der Waals surface area contributed by atoms with Crippen LogP contribution in [-0.2, 0) is 52.7 Å². The van der Waals surface area contributed by atoms with Gasteiger partial charge in [-0.15, -0.1) is 0 Å². The van der Waals surface area contributed by atoms with Crippen LogP contribution in [0.25, 0.3) is 0 Å². The van der Waals surface area contributed by atoms with Gasteiger partial charge in [0.25, 0.3) is 5.91 Å².